The molecule has 3 aromatic rings. The van der Waals surface area contributed by atoms with Crippen molar-refractivity contribution in [2.24, 2.45) is 0 Å². The number of imidazole rings is 1. The lowest BCUT2D eigenvalue weighted by Crippen LogP contribution is -2.03. The SMILES string of the molecule is COc1ccc2nc(CCl)n(-c3ccc(Br)cc3C)c2n1. The summed E-state index contributed by atoms with van der Waals surface area (Å²) >= 11 is 9.54. The molecule has 0 atom stereocenters. The third-order valence-electron chi connectivity index (χ3n) is 3.28. The number of fused-ring (bicyclic) bond motifs is 1. The summed E-state index contributed by atoms with van der Waals surface area (Å²) in [5.74, 6) is 1.63. The molecule has 0 aliphatic carbocycles. The average Bonchev–Trinajstić information content (AvgIpc) is 2.84. The van der Waals surface area contributed by atoms with Crippen molar-refractivity contribution >= 4 is 38.7 Å². The lowest BCUT2D eigenvalue weighted by atomic mass is 10.2. The summed E-state index contributed by atoms with van der Waals surface area (Å²) in [4.78, 5) is 9.06. The van der Waals surface area contributed by atoms with E-state index in [4.69, 9.17) is 16.3 Å². The van der Waals surface area contributed by atoms with E-state index < -0.39 is 0 Å². The molecule has 21 heavy (non-hydrogen) atoms. The van der Waals surface area contributed by atoms with Gasteiger partial charge in [0.25, 0.3) is 0 Å². The van der Waals surface area contributed by atoms with Gasteiger partial charge in [0.15, 0.2) is 5.65 Å². The Morgan fingerprint density at radius 3 is 2.71 bits per heavy atom. The average molecular weight is 367 g/mol. The maximum atomic E-state index is 6.06. The fourth-order valence-electron chi connectivity index (χ4n) is 2.31. The van der Waals surface area contributed by atoms with Gasteiger partial charge in [0.1, 0.15) is 11.3 Å². The third kappa shape index (κ3) is 2.51. The van der Waals surface area contributed by atoms with Crippen LogP contribution in [0.25, 0.3) is 16.9 Å². The first-order valence-corrected chi connectivity index (χ1v) is 7.71. The molecule has 0 saturated carbocycles. The normalized spacial score (nSPS) is 11.0. The Morgan fingerprint density at radius 1 is 1.24 bits per heavy atom. The zero-order valence-corrected chi connectivity index (χ0v) is 13.9. The minimum atomic E-state index is 0.314. The molecule has 2 aromatic heterocycles. The van der Waals surface area contributed by atoms with Crippen LogP contribution in [0.1, 0.15) is 11.4 Å². The van der Waals surface area contributed by atoms with Crippen LogP contribution in [0.2, 0.25) is 0 Å². The van der Waals surface area contributed by atoms with Gasteiger partial charge in [0, 0.05) is 10.5 Å². The largest absolute Gasteiger partial charge is 0.481 e. The molecule has 0 fully saturated rings. The number of pyridine rings is 1. The van der Waals surface area contributed by atoms with Gasteiger partial charge in [-0.25, -0.2) is 4.98 Å². The number of alkyl halides is 1. The second-order valence-corrected chi connectivity index (χ2v) is 5.81. The van der Waals surface area contributed by atoms with E-state index in [-0.39, 0.29) is 0 Å². The molecule has 0 saturated heterocycles. The zero-order valence-electron chi connectivity index (χ0n) is 11.6. The third-order valence-corrected chi connectivity index (χ3v) is 4.01. The van der Waals surface area contributed by atoms with Gasteiger partial charge in [-0.05, 0) is 36.8 Å². The molecule has 0 bridgehead atoms. The Morgan fingerprint density at radius 2 is 2.05 bits per heavy atom. The number of hydrogen-bond acceptors (Lipinski definition) is 3. The van der Waals surface area contributed by atoms with Crippen molar-refractivity contribution < 1.29 is 4.74 Å². The molecule has 0 aliphatic rings. The molecule has 0 aliphatic heterocycles. The molecule has 108 valence electrons. The number of ether oxygens (including phenoxy) is 1. The van der Waals surface area contributed by atoms with Gasteiger partial charge in [0.05, 0.1) is 18.7 Å². The summed E-state index contributed by atoms with van der Waals surface area (Å²) in [6.07, 6.45) is 0. The van der Waals surface area contributed by atoms with Crippen LogP contribution in [0.4, 0.5) is 0 Å². The van der Waals surface area contributed by atoms with E-state index in [1.807, 2.05) is 29.7 Å². The minimum Gasteiger partial charge on any atom is -0.481 e. The van der Waals surface area contributed by atoms with Crippen molar-refractivity contribution in [1.29, 1.82) is 0 Å². The highest BCUT2D eigenvalue weighted by Gasteiger charge is 2.15. The number of hydrogen-bond donors (Lipinski definition) is 0. The van der Waals surface area contributed by atoms with Crippen molar-refractivity contribution in [3.8, 4) is 11.6 Å². The topological polar surface area (TPSA) is 39.9 Å². The first-order valence-electron chi connectivity index (χ1n) is 6.39. The van der Waals surface area contributed by atoms with Gasteiger partial charge in [-0.3, -0.25) is 4.57 Å². The van der Waals surface area contributed by atoms with Crippen molar-refractivity contribution in [2.45, 2.75) is 12.8 Å². The molecule has 3 rings (SSSR count). The number of aryl methyl sites for hydroxylation is 1. The fraction of sp³-hybridized carbons (Fsp3) is 0.200. The Bertz CT molecular complexity index is 816. The number of methoxy groups -OCH3 is 1. The van der Waals surface area contributed by atoms with Crippen molar-refractivity contribution in [3.05, 3.63) is 46.2 Å². The molecule has 0 radical (unpaired) electrons. The molecule has 0 unspecified atom stereocenters. The van der Waals surface area contributed by atoms with Crippen LogP contribution in [0, 0.1) is 6.92 Å². The molecule has 0 N–H and O–H groups in total. The lowest BCUT2D eigenvalue weighted by Gasteiger charge is -2.11. The maximum absolute atomic E-state index is 6.06. The summed E-state index contributed by atoms with van der Waals surface area (Å²) in [6, 6.07) is 9.76. The van der Waals surface area contributed by atoms with E-state index in [0.29, 0.717) is 11.8 Å². The Labute approximate surface area is 135 Å². The summed E-state index contributed by atoms with van der Waals surface area (Å²) in [5.41, 5.74) is 3.67. The second kappa shape index (κ2) is 5.66. The van der Waals surface area contributed by atoms with Crippen LogP contribution in [0.5, 0.6) is 5.88 Å². The van der Waals surface area contributed by atoms with Crippen molar-refractivity contribution in [3.63, 3.8) is 0 Å². The highest BCUT2D eigenvalue weighted by Crippen LogP contribution is 2.27. The number of rotatable bonds is 3. The molecular weight excluding hydrogens is 354 g/mol. The number of nitrogens with zero attached hydrogens (tertiary/aromatic N) is 3. The van der Waals surface area contributed by atoms with Crippen LogP contribution < -0.4 is 4.74 Å². The molecule has 0 amide bonds. The highest BCUT2D eigenvalue weighted by atomic mass is 79.9. The fourth-order valence-corrected chi connectivity index (χ4v) is 2.97. The number of benzene rings is 1. The van der Waals surface area contributed by atoms with Gasteiger partial charge in [0.2, 0.25) is 5.88 Å². The van der Waals surface area contributed by atoms with E-state index in [2.05, 4.69) is 32.0 Å². The van der Waals surface area contributed by atoms with Crippen molar-refractivity contribution in [1.82, 2.24) is 14.5 Å². The lowest BCUT2D eigenvalue weighted by molar-refractivity contribution is 0.399. The van der Waals surface area contributed by atoms with Gasteiger partial charge in [-0.15, -0.1) is 11.6 Å². The second-order valence-electron chi connectivity index (χ2n) is 4.62. The van der Waals surface area contributed by atoms with Gasteiger partial charge in [-0.2, -0.15) is 4.98 Å². The summed E-state index contributed by atoms with van der Waals surface area (Å²) in [6.45, 7) is 2.05. The van der Waals surface area contributed by atoms with Crippen LogP contribution in [0.15, 0.2) is 34.8 Å². The van der Waals surface area contributed by atoms with Gasteiger partial charge >= 0.3 is 0 Å². The van der Waals surface area contributed by atoms with E-state index >= 15 is 0 Å². The number of aromatic nitrogens is 3. The molecule has 1 aromatic carbocycles. The van der Waals surface area contributed by atoms with E-state index in [1.165, 1.54) is 0 Å². The Hall–Kier alpha value is -1.59. The smallest absolute Gasteiger partial charge is 0.215 e. The monoisotopic (exact) mass is 365 g/mol. The summed E-state index contributed by atoms with van der Waals surface area (Å²) in [5, 5.41) is 0. The molecule has 4 nitrogen and oxygen atoms in total. The maximum Gasteiger partial charge on any atom is 0.215 e. The van der Waals surface area contributed by atoms with Gasteiger partial charge in [-0.1, -0.05) is 15.9 Å². The molecular formula is C15H13BrClN3O. The van der Waals surface area contributed by atoms with Gasteiger partial charge < -0.3 is 4.74 Å². The van der Waals surface area contributed by atoms with Crippen LogP contribution in [-0.2, 0) is 5.88 Å². The first kappa shape index (κ1) is 14.4. The van der Waals surface area contributed by atoms with E-state index in [1.54, 1.807) is 13.2 Å². The van der Waals surface area contributed by atoms with E-state index in [9.17, 15) is 0 Å². The number of halogens is 2. The standard InChI is InChI=1S/C15H13BrClN3O/c1-9-7-10(16)3-5-12(9)20-13(8-17)18-11-4-6-14(21-2)19-15(11)20/h3-7H,8H2,1-2H3. The van der Waals surface area contributed by atoms with Crippen molar-refractivity contribution in [2.75, 3.05) is 7.11 Å². The summed E-state index contributed by atoms with van der Waals surface area (Å²) < 4.78 is 8.22. The minimum absolute atomic E-state index is 0.314. The first-order chi connectivity index (χ1) is 10.1. The van der Waals surface area contributed by atoms with E-state index in [0.717, 1.165) is 32.7 Å². The predicted molar refractivity (Wildman–Crippen MR) is 87.4 cm³/mol. The highest BCUT2D eigenvalue weighted by molar-refractivity contribution is 9.10. The Kier molecular flexibility index (Phi) is 3.87. The Balaban J connectivity index is 2.33. The predicted octanol–water partition coefficient (Wildman–Crippen LogP) is 4.24. The molecule has 6 heteroatoms. The van der Waals surface area contributed by atoms with Crippen LogP contribution in [-0.4, -0.2) is 21.6 Å². The quantitative estimate of drug-likeness (QED) is 0.651. The van der Waals surface area contributed by atoms with Crippen LogP contribution >= 0.6 is 27.5 Å². The summed E-state index contributed by atoms with van der Waals surface area (Å²) in [7, 11) is 1.60. The molecule has 0 spiro atoms. The molecule has 2 heterocycles. The zero-order chi connectivity index (χ0) is 15.0. The van der Waals surface area contributed by atoms with Crippen LogP contribution in [0.3, 0.4) is 0 Å².